The molecule has 0 atom stereocenters. The predicted octanol–water partition coefficient (Wildman–Crippen LogP) is 3.55. The first-order valence-electron chi connectivity index (χ1n) is 7.29. The van der Waals surface area contributed by atoms with E-state index in [0.29, 0.717) is 6.42 Å². The zero-order valence-corrected chi connectivity index (χ0v) is 15.1. The fourth-order valence-corrected chi connectivity index (χ4v) is 2.77. The average Bonchev–Trinajstić information content (AvgIpc) is 2.36. The van der Waals surface area contributed by atoms with Gasteiger partial charge in [0.05, 0.1) is 0 Å². The van der Waals surface area contributed by atoms with Crippen molar-refractivity contribution in [2.24, 2.45) is 0 Å². The van der Waals surface area contributed by atoms with Crippen molar-refractivity contribution in [3.05, 3.63) is 0 Å². The Morgan fingerprint density at radius 1 is 0.842 bits per heavy atom. The molecule has 0 amide bonds. The van der Waals surface area contributed by atoms with E-state index in [0.717, 1.165) is 12.8 Å². The van der Waals surface area contributed by atoms with Gasteiger partial charge >= 0.3 is 121 Å². The first-order valence-corrected chi connectivity index (χ1v) is 9.62. The quantitative estimate of drug-likeness (QED) is 0.386. The molecule has 0 spiro atoms. The number of carbonyl (C=O) groups excluding carboxylic acids is 2. The minimum atomic E-state index is -1.70. The molecule has 0 unspecified atom stereocenters. The molecule has 0 aliphatic heterocycles. The van der Waals surface area contributed by atoms with E-state index in [4.69, 9.17) is 6.15 Å². The summed E-state index contributed by atoms with van der Waals surface area (Å²) in [6, 6.07) is 0. The predicted molar refractivity (Wildman–Crippen MR) is 75.5 cm³/mol. The first kappa shape index (κ1) is 18.7. The molecule has 0 bridgehead atoms. The molecule has 0 aromatic rings. The van der Waals surface area contributed by atoms with Crippen LogP contribution in [-0.4, -0.2) is 33.9 Å². The number of hydrogen-bond acceptors (Lipinski definition) is 4. The van der Waals surface area contributed by atoms with E-state index in [2.05, 4.69) is 6.92 Å². The maximum absolute atomic E-state index is 11.3. The molecular formula is C14H26O4Sn. The Morgan fingerprint density at radius 2 is 1.37 bits per heavy atom. The summed E-state index contributed by atoms with van der Waals surface area (Å²) < 4.78 is 9.60. The summed E-state index contributed by atoms with van der Waals surface area (Å²) in [6.07, 6.45) is 11.5. The van der Waals surface area contributed by atoms with Crippen LogP contribution in [-0.2, 0) is 15.7 Å². The summed E-state index contributed by atoms with van der Waals surface area (Å²) in [5.41, 5.74) is 0. The van der Waals surface area contributed by atoms with E-state index < -0.39 is 22.0 Å². The molecule has 2 radical (unpaired) electrons. The van der Waals surface area contributed by atoms with Crippen LogP contribution in [0.25, 0.3) is 0 Å². The van der Waals surface area contributed by atoms with Crippen LogP contribution < -0.4 is 0 Å². The average molecular weight is 377 g/mol. The molecule has 0 heterocycles. The molecule has 0 rings (SSSR count). The summed E-state index contributed by atoms with van der Waals surface area (Å²) in [6.45, 7) is 3.55. The van der Waals surface area contributed by atoms with E-state index in [9.17, 15) is 9.59 Å². The topological polar surface area (TPSA) is 52.6 Å². The second-order valence-corrected chi connectivity index (χ2v) is 6.37. The van der Waals surface area contributed by atoms with Crippen LogP contribution in [0.4, 0.5) is 0 Å². The van der Waals surface area contributed by atoms with E-state index in [1.165, 1.54) is 51.9 Å². The fourth-order valence-electron chi connectivity index (χ4n) is 1.76. The second-order valence-electron chi connectivity index (χ2n) is 4.73. The van der Waals surface area contributed by atoms with Gasteiger partial charge in [0.25, 0.3) is 0 Å². The van der Waals surface area contributed by atoms with Gasteiger partial charge in [-0.25, -0.2) is 0 Å². The number of unbranched alkanes of at least 4 members (excludes halogenated alkanes) is 8. The van der Waals surface area contributed by atoms with Crippen LogP contribution in [0.1, 0.15) is 78.1 Å². The van der Waals surface area contributed by atoms with Gasteiger partial charge in [0, 0.05) is 0 Å². The third-order valence-electron chi connectivity index (χ3n) is 2.83. The molecule has 0 saturated heterocycles. The van der Waals surface area contributed by atoms with Gasteiger partial charge in [-0.15, -0.1) is 0 Å². The Balaban J connectivity index is 3.16. The Labute approximate surface area is 127 Å². The van der Waals surface area contributed by atoms with Gasteiger partial charge in [-0.3, -0.25) is 0 Å². The first-order chi connectivity index (χ1) is 9.16. The molecule has 0 aliphatic carbocycles. The molecule has 0 fully saturated rings. The summed E-state index contributed by atoms with van der Waals surface area (Å²) in [5, 5.41) is 0. The van der Waals surface area contributed by atoms with Crippen molar-refractivity contribution < 1.29 is 15.7 Å². The van der Waals surface area contributed by atoms with Crippen molar-refractivity contribution in [2.75, 3.05) is 0 Å². The second kappa shape index (κ2) is 14.2. The van der Waals surface area contributed by atoms with Gasteiger partial charge in [0.2, 0.25) is 0 Å². The van der Waals surface area contributed by atoms with E-state index >= 15 is 0 Å². The van der Waals surface area contributed by atoms with Crippen LogP contribution in [0.3, 0.4) is 0 Å². The van der Waals surface area contributed by atoms with Crippen molar-refractivity contribution >= 4 is 33.9 Å². The van der Waals surface area contributed by atoms with Crippen molar-refractivity contribution in [2.45, 2.75) is 78.1 Å². The van der Waals surface area contributed by atoms with Crippen molar-refractivity contribution in [3.8, 4) is 0 Å². The molecule has 0 aliphatic rings. The maximum atomic E-state index is 11.3. The Hall–Kier alpha value is -0.261. The standard InChI is InChI=1S/C12H24O2.C2H4O2.Sn/c1-2-3-4-5-6-7-8-9-10-11-12(13)14;1-2(3)4;/h2-11H2,1H3,(H,13,14);1H3,(H,3,4);/q;;+2/p-2. The molecular weight excluding hydrogens is 351 g/mol. The number of carbonyl (C=O) groups is 2. The summed E-state index contributed by atoms with van der Waals surface area (Å²) in [4.78, 5) is 21.7. The third-order valence-corrected chi connectivity index (χ3v) is 4.77. The zero-order valence-electron chi connectivity index (χ0n) is 12.2. The van der Waals surface area contributed by atoms with Gasteiger partial charge in [-0.1, -0.05) is 6.92 Å². The summed E-state index contributed by atoms with van der Waals surface area (Å²) >= 11 is -1.70. The van der Waals surface area contributed by atoms with E-state index in [-0.39, 0.29) is 11.9 Å². The molecule has 0 aromatic heterocycles. The fraction of sp³-hybridized carbons (Fsp3) is 0.857. The SMILES string of the molecule is CCCCCCCCCCCC(=O)[O][Sn][O]C(C)=O. The van der Waals surface area contributed by atoms with Crippen LogP contribution in [0.2, 0.25) is 0 Å². The van der Waals surface area contributed by atoms with E-state index in [1.807, 2.05) is 0 Å². The Kier molecular flexibility index (Phi) is 14.0. The molecule has 0 aromatic carbocycles. The van der Waals surface area contributed by atoms with Gasteiger partial charge < -0.3 is 0 Å². The van der Waals surface area contributed by atoms with Crippen molar-refractivity contribution in [1.82, 2.24) is 0 Å². The van der Waals surface area contributed by atoms with Crippen LogP contribution >= 0.6 is 0 Å². The van der Waals surface area contributed by atoms with Gasteiger partial charge in [-0.2, -0.15) is 0 Å². The monoisotopic (exact) mass is 378 g/mol. The zero-order chi connectivity index (χ0) is 14.3. The molecule has 4 nitrogen and oxygen atoms in total. The Morgan fingerprint density at radius 3 is 1.89 bits per heavy atom. The molecule has 5 heteroatoms. The van der Waals surface area contributed by atoms with Crippen molar-refractivity contribution in [1.29, 1.82) is 0 Å². The number of hydrogen-bond donors (Lipinski definition) is 0. The van der Waals surface area contributed by atoms with E-state index in [1.54, 1.807) is 0 Å². The molecule has 0 saturated carbocycles. The van der Waals surface area contributed by atoms with Gasteiger partial charge in [0.15, 0.2) is 0 Å². The van der Waals surface area contributed by atoms with Gasteiger partial charge in [0.1, 0.15) is 0 Å². The Bertz CT molecular complexity index is 244. The molecule has 110 valence electrons. The summed E-state index contributed by atoms with van der Waals surface area (Å²) in [5.74, 6) is -0.571. The third kappa shape index (κ3) is 15.7. The normalized spacial score (nSPS) is 10.2. The minimum absolute atomic E-state index is 0.212. The van der Waals surface area contributed by atoms with Gasteiger partial charge in [-0.05, 0) is 0 Å². The van der Waals surface area contributed by atoms with Crippen molar-refractivity contribution in [3.63, 3.8) is 0 Å². The van der Waals surface area contributed by atoms with Crippen LogP contribution in [0, 0.1) is 0 Å². The van der Waals surface area contributed by atoms with Crippen LogP contribution in [0.15, 0.2) is 0 Å². The molecule has 0 N–H and O–H groups in total. The molecule has 19 heavy (non-hydrogen) atoms. The van der Waals surface area contributed by atoms with Crippen LogP contribution in [0.5, 0.6) is 0 Å². The number of rotatable bonds is 12. The summed E-state index contributed by atoms with van der Waals surface area (Å²) in [7, 11) is 0.